The highest BCUT2D eigenvalue weighted by Gasteiger charge is 2.35. The third-order valence-corrected chi connectivity index (χ3v) is 6.64. The summed E-state index contributed by atoms with van der Waals surface area (Å²) in [7, 11) is 1.53. The van der Waals surface area contributed by atoms with E-state index in [9.17, 15) is 14.0 Å². The molecule has 1 atom stereocenters. The number of rotatable bonds is 10. The highest BCUT2D eigenvalue weighted by atomic mass is 19.1. The summed E-state index contributed by atoms with van der Waals surface area (Å²) in [5.74, 6) is -0.717. The second-order valence-electron chi connectivity index (χ2n) is 9.75. The number of amides is 2. The Kier molecular flexibility index (Phi) is 8.05. The quantitative estimate of drug-likeness (QED) is 0.331. The van der Waals surface area contributed by atoms with E-state index in [1.807, 2.05) is 39.0 Å². The minimum absolute atomic E-state index is 0.125. The van der Waals surface area contributed by atoms with Gasteiger partial charge in [0.25, 0.3) is 0 Å². The van der Waals surface area contributed by atoms with Crippen LogP contribution in [0.1, 0.15) is 44.4 Å². The molecule has 0 saturated heterocycles. The number of nitrogens with one attached hydrogen (secondary N) is 1. The zero-order valence-corrected chi connectivity index (χ0v) is 22.0. The van der Waals surface area contributed by atoms with Crippen LogP contribution in [-0.2, 0) is 22.7 Å². The number of benzene rings is 3. The van der Waals surface area contributed by atoms with Crippen LogP contribution < -0.4 is 10.1 Å². The second kappa shape index (κ2) is 11.4. The topological polar surface area (TPSA) is 89.4 Å². The lowest BCUT2D eigenvalue weighted by molar-refractivity contribution is -0.143. The Morgan fingerprint density at radius 1 is 1.08 bits per heavy atom. The Morgan fingerprint density at radius 2 is 1.82 bits per heavy atom. The summed E-state index contributed by atoms with van der Waals surface area (Å²) < 4.78 is 21.7. The van der Waals surface area contributed by atoms with Crippen molar-refractivity contribution in [3.8, 4) is 5.75 Å². The summed E-state index contributed by atoms with van der Waals surface area (Å²) in [5.41, 5.74) is 1.64. The molecule has 0 radical (unpaired) electrons. The van der Waals surface area contributed by atoms with Crippen LogP contribution in [0.2, 0.25) is 0 Å². The van der Waals surface area contributed by atoms with Crippen LogP contribution in [0.5, 0.6) is 5.75 Å². The number of carbonyl (C=O) groups excluding carboxylic acids is 2. The van der Waals surface area contributed by atoms with E-state index in [-0.39, 0.29) is 19.0 Å². The molecule has 0 saturated carbocycles. The maximum atomic E-state index is 14.8. The molecule has 9 heteroatoms. The summed E-state index contributed by atoms with van der Waals surface area (Å²) in [5, 5.41) is 11.3. The summed E-state index contributed by atoms with van der Waals surface area (Å²) in [4.78, 5) is 29.3. The molecule has 0 bridgehead atoms. The smallest absolute Gasteiger partial charge is 0.247 e. The predicted molar refractivity (Wildman–Crippen MR) is 143 cm³/mol. The Morgan fingerprint density at radius 3 is 2.55 bits per heavy atom. The van der Waals surface area contributed by atoms with Crippen LogP contribution in [0.4, 0.5) is 4.39 Å². The fraction of sp³-hybridized carbons (Fsp3) is 0.310. The molecule has 0 aliphatic heterocycles. The van der Waals surface area contributed by atoms with Crippen molar-refractivity contribution < 1.29 is 18.7 Å². The lowest BCUT2D eigenvalue weighted by atomic mass is 9.98. The minimum atomic E-state index is -1.06. The summed E-state index contributed by atoms with van der Waals surface area (Å²) in [6.45, 7) is 5.50. The minimum Gasteiger partial charge on any atom is -0.497 e. The zero-order valence-electron chi connectivity index (χ0n) is 22.0. The van der Waals surface area contributed by atoms with Gasteiger partial charge in [-0.25, -0.2) is 9.07 Å². The van der Waals surface area contributed by atoms with E-state index in [4.69, 9.17) is 4.74 Å². The Bertz CT molecular complexity index is 1430. The molecule has 1 heterocycles. The van der Waals surface area contributed by atoms with Crippen LogP contribution in [0.15, 0.2) is 72.8 Å². The molecular formula is C29H32FN5O3. The average molecular weight is 518 g/mol. The average Bonchev–Trinajstić information content (AvgIpc) is 3.32. The van der Waals surface area contributed by atoms with Gasteiger partial charge in [0, 0.05) is 17.6 Å². The molecule has 198 valence electrons. The van der Waals surface area contributed by atoms with Gasteiger partial charge >= 0.3 is 0 Å². The first kappa shape index (κ1) is 26.8. The van der Waals surface area contributed by atoms with E-state index in [2.05, 4.69) is 15.6 Å². The number of hydrogen-bond acceptors (Lipinski definition) is 5. The van der Waals surface area contributed by atoms with Crippen molar-refractivity contribution in [1.82, 2.24) is 25.2 Å². The van der Waals surface area contributed by atoms with E-state index >= 15 is 0 Å². The molecule has 0 aliphatic rings. The number of fused-ring (bicyclic) bond motifs is 1. The second-order valence-corrected chi connectivity index (χ2v) is 9.75. The van der Waals surface area contributed by atoms with Crippen molar-refractivity contribution in [2.75, 3.05) is 7.11 Å². The van der Waals surface area contributed by atoms with Gasteiger partial charge in [0.1, 0.15) is 29.7 Å². The van der Waals surface area contributed by atoms with Crippen molar-refractivity contribution in [1.29, 1.82) is 0 Å². The maximum Gasteiger partial charge on any atom is 0.247 e. The SMILES string of the molecule is CCC(C)(C)NC(=O)[C@@H](c1cccc(OC)c1)N(Cc1ccccc1F)C(=O)Cn1nnc2ccccc21. The zero-order chi connectivity index (χ0) is 27.3. The highest BCUT2D eigenvalue weighted by Crippen LogP contribution is 2.29. The lowest BCUT2D eigenvalue weighted by Crippen LogP contribution is -2.50. The van der Waals surface area contributed by atoms with Crippen molar-refractivity contribution in [2.45, 2.75) is 51.9 Å². The Balaban J connectivity index is 1.80. The fourth-order valence-corrected chi connectivity index (χ4v) is 4.16. The Hall–Kier alpha value is -4.27. The monoisotopic (exact) mass is 517 g/mol. The van der Waals surface area contributed by atoms with Crippen LogP contribution in [0.3, 0.4) is 0 Å². The predicted octanol–water partition coefficient (Wildman–Crippen LogP) is 4.65. The number of aromatic nitrogens is 3. The van der Waals surface area contributed by atoms with E-state index in [0.29, 0.717) is 34.3 Å². The van der Waals surface area contributed by atoms with Gasteiger partial charge in [-0.1, -0.05) is 54.6 Å². The molecule has 38 heavy (non-hydrogen) atoms. The molecule has 1 N–H and O–H groups in total. The number of carbonyl (C=O) groups is 2. The molecule has 2 amide bonds. The normalized spacial score (nSPS) is 12.2. The van der Waals surface area contributed by atoms with Crippen LogP contribution in [-0.4, -0.2) is 44.4 Å². The van der Waals surface area contributed by atoms with Crippen LogP contribution >= 0.6 is 0 Å². The third-order valence-electron chi connectivity index (χ3n) is 6.64. The van der Waals surface area contributed by atoms with Gasteiger partial charge in [-0.05, 0) is 56.2 Å². The largest absolute Gasteiger partial charge is 0.497 e. The number of nitrogens with zero attached hydrogens (tertiary/aromatic N) is 4. The molecule has 0 fully saturated rings. The van der Waals surface area contributed by atoms with Gasteiger partial charge in [-0.2, -0.15) is 0 Å². The molecule has 1 aromatic heterocycles. The highest BCUT2D eigenvalue weighted by molar-refractivity contribution is 5.89. The van der Waals surface area contributed by atoms with Crippen molar-refractivity contribution in [3.63, 3.8) is 0 Å². The van der Waals surface area contributed by atoms with Crippen molar-refractivity contribution in [2.24, 2.45) is 0 Å². The van der Waals surface area contributed by atoms with Gasteiger partial charge in [0.2, 0.25) is 11.8 Å². The first-order chi connectivity index (χ1) is 18.2. The van der Waals surface area contributed by atoms with Gasteiger partial charge in [0.05, 0.1) is 12.6 Å². The van der Waals surface area contributed by atoms with E-state index < -0.39 is 23.3 Å². The Labute approximate surface area is 221 Å². The van der Waals surface area contributed by atoms with Gasteiger partial charge in [-0.3, -0.25) is 9.59 Å². The van der Waals surface area contributed by atoms with Crippen LogP contribution in [0, 0.1) is 5.82 Å². The number of methoxy groups -OCH3 is 1. The molecule has 8 nitrogen and oxygen atoms in total. The first-order valence-corrected chi connectivity index (χ1v) is 12.5. The standard InChI is InChI=1S/C29H32FN5O3/c1-5-29(2,3)31-28(37)27(20-12-10-13-22(17-20)38-4)34(18-21-11-6-7-14-23(21)30)26(36)19-35-25-16-9-8-15-24(25)32-33-35/h6-17,27H,5,18-19H2,1-4H3,(H,31,37)/t27-/m1/s1. The van der Waals surface area contributed by atoms with E-state index in [0.717, 1.165) is 0 Å². The molecule has 0 aliphatic carbocycles. The van der Waals surface area contributed by atoms with Gasteiger partial charge < -0.3 is 15.0 Å². The van der Waals surface area contributed by atoms with Crippen molar-refractivity contribution >= 4 is 22.8 Å². The molecule has 0 unspecified atom stereocenters. The lowest BCUT2D eigenvalue weighted by Gasteiger charge is -2.35. The van der Waals surface area contributed by atoms with E-state index in [1.54, 1.807) is 48.5 Å². The molecule has 0 spiro atoms. The molecule has 3 aromatic carbocycles. The number of ether oxygens (including phenoxy) is 1. The van der Waals surface area contributed by atoms with Gasteiger partial charge in [0.15, 0.2) is 0 Å². The maximum absolute atomic E-state index is 14.8. The van der Waals surface area contributed by atoms with Gasteiger partial charge in [-0.15, -0.1) is 5.10 Å². The number of hydrogen-bond donors (Lipinski definition) is 1. The summed E-state index contributed by atoms with van der Waals surface area (Å²) >= 11 is 0. The molecule has 4 aromatic rings. The van der Waals surface area contributed by atoms with Crippen molar-refractivity contribution in [3.05, 3.63) is 89.7 Å². The molecular weight excluding hydrogens is 485 g/mol. The number of halogens is 1. The molecule has 4 rings (SSSR count). The summed E-state index contributed by atoms with van der Waals surface area (Å²) in [6, 6.07) is 19.5. The first-order valence-electron chi connectivity index (χ1n) is 12.5. The third kappa shape index (κ3) is 5.99. The van der Waals surface area contributed by atoms with E-state index in [1.165, 1.54) is 22.8 Å². The number of para-hydroxylation sites is 1. The fourth-order valence-electron chi connectivity index (χ4n) is 4.16. The summed E-state index contributed by atoms with van der Waals surface area (Å²) in [6.07, 6.45) is 0.676. The van der Waals surface area contributed by atoms with Crippen LogP contribution in [0.25, 0.3) is 11.0 Å².